The standard InChI is InChI=1S/C14H18N2O2/c1-18-11-8-6-10(7-9-11)14(15-17)16-12-4-2-3-5-13(12)16/h6-9,12-13,17H,2-5H2,1H3/b15-14-. The minimum absolute atomic E-state index is 0.590. The molecule has 2 fully saturated rings. The Morgan fingerprint density at radius 1 is 1.22 bits per heavy atom. The Bertz CT molecular complexity index is 443. The van der Waals surface area contributed by atoms with Crippen molar-refractivity contribution in [2.45, 2.75) is 37.8 Å². The third-order valence-corrected chi connectivity index (χ3v) is 4.01. The molecule has 96 valence electrons. The van der Waals surface area contributed by atoms with E-state index < -0.39 is 0 Å². The van der Waals surface area contributed by atoms with Gasteiger partial charge in [0.05, 0.1) is 19.2 Å². The molecule has 1 N–H and O–H groups in total. The summed E-state index contributed by atoms with van der Waals surface area (Å²) in [6, 6.07) is 8.86. The van der Waals surface area contributed by atoms with Gasteiger partial charge < -0.3 is 14.8 Å². The van der Waals surface area contributed by atoms with Gasteiger partial charge in [0.15, 0.2) is 5.84 Å². The van der Waals surface area contributed by atoms with Gasteiger partial charge in [0.2, 0.25) is 0 Å². The second-order valence-electron chi connectivity index (χ2n) is 4.98. The van der Waals surface area contributed by atoms with Crippen molar-refractivity contribution in [3.05, 3.63) is 29.8 Å². The lowest BCUT2D eigenvalue weighted by molar-refractivity contribution is 0.313. The van der Waals surface area contributed by atoms with Crippen LogP contribution in [0.2, 0.25) is 0 Å². The molecule has 18 heavy (non-hydrogen) atoms. The number of hydrogen-bond acceptors (Lipinski definition) is 3. The van der Waals surface area contributed by atoms with Crippen LogP contribution in [0.15, 0.2) is 29.4 Å². The van der Waals surface area contributed by atoms with Crippen LogP contribution in [-0.2, 0) is 0 Å². The molecule has 1 aliphatic carbocycles. The molecule has 2 unspecified atom stereocenters. The van der Waals surface area contributed by atoms with Gasteiger partial charge >= 0.3 is 0 Å². The molecule has 0 bridgehead atoms. The van der Waals surface area contributed by atoms with Crippen LogP contribution in [0.4, 0.5) is 0 Å². The van der Waals surface area contributed by atoms with Crippen molar-refractivity contribution in [3.8, 4) is 5.75 Å². The van der Waals surface area contributed by atoms with E-state index in [0.717, 1.165) is 11.3 Å². The third-order valence-electron chi connectivity index (χ3n) is 4.01. The molecular formula is C14H18N2O2. The second kappa shape index (κ2) is 4.52. The predicted octanol–water partition coefficient (Wildman–Crippen LogP) is 2.46. The van der Waals surface area contributed by atoms with E-state index in [0.29, 0.717) is 17.9 Å². The zero-order valence-electron chi connectivity index (χ0n) is 10.5. The fourth-order valence-electron chi connectivity index (χ4n) is 3.02. The minimum atomic E-state index is 0.590. The summed E-state index contributed by atoms with van der Waals surface area (Å²) in [5, 5.41) is 12.8. The van der Waals surface area contributed by atoms with E-state index in [-0.39, 0.29) is 0 Å². The van der Waals surface area contributed by atoms with Crippen molar-refractivity contribution < 1.29 is 9.94 Å². The number of methoxy groups -OCH3 is 1. The number of oxime groups is 1. The van der Waals surface area contributed by atoms with Gasteiger partial charge in [0, 0.05) is 5.56 Å². The lowest BCUT2D eigenvalue weighted by Gasteiger charge is -2.08. The van der Waals surface area contributed by atoms with Gasteiger partial charge in [-0.15, -0.1) is 0 Å². The highest BCUT2D eigenvalue weighted by Crippen LogP contribution is 2.41. The van der Waals surface area contributed by atoms with Gasteiger partial charge in [0.1, 0.15) is 5.75 Å². The summed E-state index contributed by atoms with van der Waals surface area (Å²) in [7, 11) is 1.65. The van der Waals surface area contributed by atoms with E-state index in [2.05, 4.69) is 10.1 Å². The molecule has 0 aromatic heterocycles. The molecule has 2 atom stereocenters. The van der Waals surface area contributed by atoms with Crippen LogP contribution in [0, 0.1) is 0 Å². The van der Waals surface area contributed by atoms with Gasteiger partial charge in [-0.2, -0.15) is 0 Å². The number of hydrogen-bond donors (Lipinski definition) is 1. The summed E-state index contributed by atoms with van der Waals surface area (Å²) in [6.45, 7) is 0. The molecule has 1 saturated carbocycles. The van der Waals surface area contributed by atoms with Gasteiger partial charge in [-0.3, -0.25) is 0 Å². The first kappa shape index (κ1) is 11.4. The van der Waals surface area contributed by atoms with Crippen LogP contribution < -0.4 is 4.74 Å². The number of nitrogens with zero attached hydrogens (tertiary/aromatic N) is 2. The molecular weight excluding hydrogens is 228 g/mol. The average Bonchev–Trinajstić information content (AvgIpc) is 3.15. The Balaban J connectivity index is 1.80. The highest BCUT2D eigenvalue weighted by atomic mass is 16.5. The zero-order valence-corrected chi connectivity index (χ0v) is 10.5. The molecule has 4 heteroatoms. The fraction of sp³-hybridized carbons (Fsp3) is 0.500. The first-order valence-electron chi connectivity index (χ1n) is 6.50. The predicted molar refractivity (Wildman–Crippen MR) is 69.2 cm³/mol. The van der Waals surface area contributed by atoms with E-state index in [4.69, 9.17) is 4.74 Å². The maximum Gasteiger partial charge on any atom is 0.175 e. The van der Waals surface area contributed by atoms with Crippen molar-refractivity contribution in [3.63, 3.8) is 0 Å². The van der Waals surface area contributed by atoms with Crippen LogP contribution in [0.25, 0.3) is 0 Å². The first-order valence-corrected chi connectivity index (χ1v) is 6.50. The largest absolute Gasteiger partial charge is 0.497 e. The summed E-state index contributed by atoms with van der Waals surface area (Å²) in [5.74, 6) is 1.52. The Labute approximate surface area is 107 Å². The summed E-state index contributed by atoms with van der Waals surface area (Å²) in [5.41, 5.74) is 0.952. The molecule has 2 aliphatic rings. The van der Waals surface area contributed by atoms with Crippen LogP contribution in [0.5, 0.6) is 5.75 Å². The Hall–Kier alpha value is -1.71. The Kier molecular flexibility index (Phi) is 2.86. The average molecular weight is 246 g/mol. The lowest BCUT2D eigenvalue weighted by Crippen LogP contribution is -2.16. The molecule has 1 saturated heterocycles. The normalized spacial score (nSPS) is 26.7. The van der Waals surface area contributed by atoms with Crippen LogP contribution in [-0.4, -0.2) is 35.1 Å². The van der Waals surface area contributed by atoms with Crippen LogP contribution in [0.1, 0.15) is 31.2 Å². The van der Waals surface area contributed by atoms with Crippen molar-refractivity contribution in [2.75, 3.05) is 7.11 Å². The number of fused-ring (bicyclic) bond motifs is 1. The van der Waals surface area contributed by atoms with Crippen molar-refractivity contribution >= 4 is 5.84 Å². The monoisotopic (exact) mass is 246 g/mol. The molecule has 0 radical (unpaired) electrons. The Morgan fingerprint density at radius 2 is 1.83 bits per heavy atom. The Morgan fingerprint density at radius 3 is 2.33 bits per heavy atom. The number of likely N-dealkylation sites (tertiary alicyclic amines) is 1. The van der Waals surface area contributed by atoms with Crippen LogP contribution in [0.3, 0.4) is 0 Å². The molecule has 1 aliphatic heterocycles. The molecule has 3 rings (SSSR count). The lowest BCUT2D eigenvalue weighted by atomic mass is 10.0. The van der Waals surface area contributed by atoms with E-state index in [1.54, 1.807) is 7.11 Å². The number of amidine groups is 1. The van der Waals surface area contributed by atoms with Gasteiger partial charge in [-0.05, 0) is 37.1 Å². The highest BCUT2D eigenvalue weighted by Gasteiger charge is 2.50. The van der Waals surface area contributed by atoms with Crippen molar-refractivity contribution in [1.82, 2.24) is 4.90 Å². The molecule has 1 aromatic rings. The van der Waals surface area contributed by atoms with Crippen molar-refractivity contribution in [2.24, 2.45) is 5.16 Å². The smallest absolute Gasteiger partial charge is 0.175 e. The zero-order chi connectivity index (χ0) is 12.5. The van der Waals surface area contributed by atoms with Crippen molar-refractivity contribution in [1.29, 1.82) is 0 Å². The van der Waals surface area contributed by atoms with Crippen LogP contribution >= 0.6 is 0 Å². The SMILES string of the molecule is COc1ccc(/C(=N/O)N2C3CCCCC32)cc1. The molecule has 4 nitrogen and oxygen atoms in total. The highest BCUT2D eigenvalue weighted by molar-refractivity contribution is 6.00. The molecule has 0 spiro atoms. The maximum atomic E-state index is 9.28. The van der Waals surface area contributed by atoms with E-state index in [1.807, 2.05) is 24.3 Å². The van der Waals surface area contributed by atoms with E-state index in [9.17, 15) is 5.21 Å². The topological polar surface area (TPSA) is 44.8 Å². The number of benzene rings is 1. The minimum Gasteiger partial charge on any atom is -0.497 e. The quantitative estimate of drug-likeness (QED) is 0.287. The van der Waals surface area contributed by atoms with E-state index >= 15 is 0 Å². The second-order valence-corrected chi connectivity index (χ2v) is 4.98. The van der Waals surface area contributed by atoms with E-state index in [1.165, 1.54) is 25.7 Å². The van der Waals surface area contributed by atoms with Gasteiger partial charge in [-0.25, -0.2) is 0 Å². The van der Waals surface area contributed by atoms with Gasteiger partial charge in [-0.1, -0.05) is 18.0 Å². The molecule has 1 heterocycles. The summed E-state index contributed by atoms with van der Waals surface area (Å²) in [4.78, 5) is 2.24. The maximum absolute atomic E-state index is 9.28. The summed E-state index contributed by atoms with van der Waals surface area (Å²) in [6.07, 6.45) is 5.03. The number of ether oxygens (including phenoxy) is 1. The third kappa shape index (κ3) is 1.82. The summed E-state index contributed by atoms with van der Waals surface area (Å²) >= 11 is 0. The summed E-state index contributed by atoms with van der Waals surface area (Å²) < 4.78 is 5.14. The number of rotatable bonds is 2. The first-order chi connectivity index (χ1) is 8.85. The van der Waals surface area contributed by atoms with Gasteiger partial charge in [0.25, 0.3) is 0 Å². The fourth-order valence-corrected chi connectivity index (χ4v) is 3.02. The molecule has 0 amide bonds. The molecule has 1 aromatic carbocycles.